The van der Waals surface area contributed by atoms with Gasteiger partial charge in [0, 0.05) is 18.6 Å². The van der Waals surface area contributed by atoms with Crippen LogP contribution in [0.4, 0.5) is 4.79 Å². The van der Waals surface area contributed by atoms with Crippen molar-refractivity contribution in [3.8, 4) is 0 Å². The Morgan fingerprint density at radius 1 is 1.50 bits per heavy atom. The van der Waals surface area contributed by atoms with Crippen LogP contribution in [0.25, 0.3) is 0 Å². The van der Waals surface area contributed by atoms with E-state index in [1.54, 1.807) is 0 Å². The SMILES string of the molecule is CC(C)NC(=O)NC1CNCCC1C. The number of carbonyl (C=O) groups excluding carboxylic acids is 1. The Kier molecular flexibility index (Phi) is 4.20. The molecule has 1 fully saturated rings. The lowest BCUT2D eigenvalue weighted by molar-refractivity contribution is 0.223. The number of urea groups is 1. The van der Waals surface area contributed by atoms with Crippen molar-refractivity contribution in [1.82, 2.24) is 16.0 Å². The highest BCUT2D eigenvalue weighted by atomic mass is 16.2. The van der Waals surface area contributed by atoms with Crippen molar-refractivity contribution in [2.45, 2.75) is 39.3 Å². The van der Waals surface area contributed by atoms with E-state index in [-0.39, 0.29) is 18.1 Å². The second-order valence-electron chi connectivity index (χ2n) is 4.35. The highest BCUT2D eigenvalue weighted by Crippen LogP contribution is 2.10. The van der Waals surface area contributed by atoms with Gasteiger partial charge in [0.05, 0.1) is 0 Å². The minimum absolute atomic E-state index is 0.0550. The Labute approximate surface area is 85.8 Å². The minimum atomic E-state index is -0.0550. The molecule has 82 valence electrons. The van der Waals surface area contributed by atoms with Crippen LogP contribution in [-0.2, 0) is 0 Å². The van der Waals surface area contributed by atoms with Crippen LogP contribution in [0.3, 0.4) is 0 Å². The molecule has 0 aliphatic carbocycles. The molecule has 1 aliphatic heterocycles. The molecule has 0 aromatic carbocycles. The Bertz CT molecular complexity index is 194. The average Bonchev–Trinajstić information content (AvgIpc) is 2.07. The first-order chi connectivity index (χ1) is 6.59. The summed E-state index contributed by atoms with van der Waals surface area (Å²) in [7, 11) is 0. The maximum Gasteiger partial charge on any atom is 0.315 e. The highest BCUT2D eigenvalue weighted by Gasteiger charge is 2.22. The summed E-state index contributed by atoms with van der Waals surface area (Å²) in [6.45, 7) is 8.04. The van der Waals surface area contributed by atoms with Crippen LogP contribution >= 0.6 is 0 Å². The summed E-state index contributed by atoms with van der Waals surface area (Å²) in [6, 6.07) is 0.407. The van der Waals surface area contributed by atoms with Gasteiger partial charge in [-0.05, 0) is 32.7 Å². The summed E-state index contributed by atoms with van der Waals surface area (Å²) in [4.78, 5) is 11.4. The van der Waals surface area contributed by atoms with E-state index in [1.807, 2.05) is 13.8 Å². The molecule has 1 heterocycles. The summed E-state index contributed by atoms with van der Waals surface area (Å²) < 4.78 is 0. The number of rotatable bonds is 2. The molecule has 1 aliphatic rings. The molecule has 1 rings (SSSR count). The Morgan fingerprint density at radius 3 is 2.79 bits per heavy atom. The highest BCUT2D eigenvalue weighted by molar-refractivity contribution is 5.74. The van der Waals surface area contributed by atoms with E-state index >= 15 is 0 Å². The summed E-state index contributed by atoms with van der Waals surface area (Å²) in [5.41, 5.74) is 0. The number of carbonyl (C=O) groups is 1. The van der Waals surface area contributed by atoms with Gasteiger partial charge in [-0.15, -0.1) is 0 Å². The van der Waals surface area contributed by atoms with Crippen LogP contribution in [0.2, 0.25) is 0 Å². The first kappa shape index (κ1) is 11.3. The molecule has 0 saturated carbocycles. The Balaban J connectivity index is 2.31. The number of amides is 2. The third-order valence-electron chi connectivity index (χ3n) is 2.56. The van der Waals surface area contributed by atoms with Gasteiger partial charge in [0.1, 0.15) is 0 Å². The summed E-state index contributed by atoms with van der Waals surface area (Å²) in [6.07, 6.45) is 1.13. The number of piperidine rings is 1. The van der Waals surface area contributed by atoms with E-state index in [4.69, 9.17) is 0 Å². The standard InChI is InChI=1S/C10H21N3O/c1-7(2)12-10(14)13-9-6-11-5-4-8(9)3/h7-9,11H,4-6H2,1-3H3,(H2,12,13,14). The number of hydrogen-bond acceptors (Lipinski definition) is 2. The largest absolute Gasteiger partial charge is 0.336 e. The van der Waals surface area contributed by atoms with Gasteiger partial charge in [-0.2, -0.15) is 0 Å². The van der Waals surface area contributed by atoms with Crippen molar-refractivity contribution in [1.29, 1.82) is 0 Å². The molecular weight excluding hydrogens is 178 g/mol. The zero-order valence-corrected chi connectivity index (χ0v) is 9.26. The Hall–Kier alpha value is -0.770. The normalized spacial score (nSPS) is 27.4. The van der Waals surface area contributed by atoms with E-state index in [0.717, 1.165) is 19.5 Å². The quantitative estimate of drug-likeness (QED) is 0.613. The monoisotopic (exact) mass is 199 g/mol. The van der Waals surface area contributed by atoms with Crippen molar-refractivity contribution in [3.63, 3.8) is 0 Å². The molecular formula is C10H21N3O. The van der Waals surface area contributed by atoms with E-state index < -0.39 is 0 Å². The fraction of sp³-hybridized carbons (Fsp3) is 0.900. The fourth-order valence-corrected chi connectivity index (χ4v) is 1.66. The molecule has 0 aromatic rings. The van der Waals surface area contributed by atoms with E-state index in [9.17, 15) is 4.79 Å². The molecule has 2 unspecified atom stereocenters. The van der Waals surface area contributed by atoms with Crippen molar-refractivity contribution >= 4 is 6.03 Å². The predicted molar refractivity (Wildman–Crippen MR) is 57.2 cm³/mol. The topological polar surface area (TPSA) is 53.2 Å². The lowest BCUT2D eigenvalue weighted by Gasteiger charge is -2.30. The van der Waals surface area contributed by atoms with E-state index in [0.29, 0.717) is 5.92 Å². The summed E-state index contributed by atoms with van der Waals surface area (Å²) in [5, 5.41) is 9.10. The third kappa shape index (κ3) is 3.54. The van der Waals surface area contributed by atoms with Gasteiger partial charge in [0.15, 0.2) is 0 Å². The molecule has 0 radical (unpaired) electrons. The molecule has 4 nitrogen and oxygen atoms in total. The molecule has 14 heavy (non-hydrogen) atoms. The molecule has 3 N–H and O–H groups in total. The minimum Gasteiger partial charge on any atom is -0.336 e. The zero-order chi connectivity index (χ0) is 10.6. The molecule has 0 bridgehead atoms. The van der Waals surface area contributed by atoms with Gasteiger partial charge in [-0.3, -0.25) is 0 Å². The molecule has 1 saturated heterocycles. The second-order valence-corrected chi connectivity index (χ2v) is 4.35. The first-order valence-electron chi connectivity index (χ1n) is 5.37. The smallest absolute Gasteiger partial charge is 0.315 e. The van der Waals surface area contributed by atoms with Crippen LogP contribution in [0.5, 0.6) is 0 Å². The van der Waals surface area contributed by atoms with E-state index in [1.165, 1.54) is 0 Å². The molecule has 2 amide bonds. The van der Waals surface area contributed by atoms with Crippen molar-refractivity contribution in [3.05, 3.63) is 0 Å². The van der Waals surface area contributed by atoms with Crippen molar-refractivity contribution < 1.29 is 4.79 Å². The van der Waals surface area contributed by atoms with E-state index in [2.05, 4.69) is 22.9 Å². The van der Waals surface area contributed by atoms with Gasteiger partial charge < -0.3 is 16.0 Å². The molecule has 0 aromatic heterocycles. The van der Waals surface area contributed by atoms with Crippen LogP contribution in [0.1, 0.15) is 27.2 Å². The van der Waals surface area contributed by atoms with Crippen LogP contribution in [0, 0.1) is 5.92 Å². The summed E-state index contributed by atoms with van der Waals surface area (Å²) >= 11 is 0. The second kappa shape index (κ2) is 5.20. The van der Waals surface area contributed by atoms with Crippen molar-refractivity contribution in [2.24, 2.45) is 5.92 Å². The average molecular weight is 199 g/mol. The lowest BCUT2D eigenvalue weighted by atomic mass is 9.95. The maximum absolute atomic E-state index is 11.4. The first-order valence-corrected chi connectivity index (χ1v) is 5.37. The zero-order valence-electron chi connectivity index (χ0n) is 9.26. The van der Waals surface area contributed by atoms with Gasteiger partial charge in [0.25, 0.3) is 0 Å². The predicted octanol–water partition coefficient (Wildman–Crippen LogP) is 0.692. The van der Waals surface area contributed by atoms with Gasteiger partial charge >= 0.3 is 6.03 Å². The molecule has 4 heteroatoms. The van der Waals surface area contributed by atoms with Crippen LogP contribution in [-0.4, -0.2) is 31.2 Å². The van der Waals surface area contributed by atoms with Gasteiger partial charge in [0.2, 0.25) is 0 Å². The number of nitrogens with one attached hydrogen (secondary N) is 3. The molecule has 0 spiro atoms. The lowest BCUT2D eigenvalue weighted by Crippen LogP contribution is -2.53. The maximum atomic E-state index is 11.4. The van der Waals surface area contributed by atoms with Gasteiger partial charge in [-0.1, -0.05) is 6.92 Å². The van der Waals surface area contributed by atoms with Gasteiger partial charge in [-0.25, -0.2) is 4.79 Å². The Morgan fingerprint density at radius 2 is 2.21 bits per heavy atom. The fourth-order valence-electron chi connectivity index (χ4n) is 1.66. The van der Waals surface area contributed by atoms with Crippen molar-refractivity contribution in [2.75, 3.05) is 13.1 Å². The van der Waals surface area contributed by atoms with Crippen LogP contribution < -0.4 is 16.0 Å². The molecule has 2 atom stereocenters. The third-order valence-corrected chi connectivity index (χ3v) is 2.56. The number of hydrogen-bond donors (Lipinski definition) is 3. The van der Waals surface area contributed by atoms with Crippen LogP contribution in [0.15, 0.2) is 0 Å². The summed E-state index contributed by atoms with van der Waals surface area (Å²) in [5.74, 6) is 0.564.